The molecule has 7 nitrogen and oxygen atoms in total. The van der Waals surface area contributed by atoms with Crippen LogP contribution in [0, 0.1) is 6.92 Å². The van der Waals surface area contributed by atoms with Crippen molar-refractivity contribution in [1.29, 1.82) is 0 Å². The summed E-state index contributed by atoms with van der Waals surface area (Å²) < 4.78 is 1.11. The Kier molecular flexibility index (Phi) is 5.68. The van der Waals surface area contributed by atoms with Gasteiger partial charge in [0.15, 0.2) is 0 Å². The summed E-state index contributed by atoms with van der Waals surface area (Å²) in [7, 11) is 0. The monoisotopic (exact) mass is 357 g/mol. The Morgan fingerprint density at radius 2 is 1.96 bits per heavy atom. The number of aryl methyl sites for hydroxylation is 1. The second-order valence-corrected chi connectivity index (χ2v) is 6.71. The first-order valence-corrected chi connectivity index (χ1v) is 9.05. The molecular formula is C19H25N4O3+. The van der Waals surface area contributed by atoms with Crippen molar-refractivity contribution in [3.8, 4) is 11.6 Å². The molecule has 0 radical (unpaired) electrons. The summed E-state index contributed by atoms with van der Waals surface area (Å²) in [6, 6.07) is 7.17. The number of benzene rings is 1. The van der Waals surface area contributed by atoms with Crippen molar-refractivity contribution in [2.24, 2.45) is 4.99 Å². The third-order valence-electron chi connectivity index (χ3n) is 4.85. The molecular weight excluding hydrogens is 332 g/mol. The molecule has 0 aliphatic carbocycles. The summed E-state index contributed by atoms with van der Waals surface area (Å²) in [5, 5.41) is 10.5. The number of quaternary nitrogens is 1. The van der Waals surface area contributed by atoms with Gasteiger partial charge in [0.05, 0.1) is 31.9 Å². The van der Waals surface area contributed by atoms with Gasteiger partial charge < -0.3 is 10.0 Å². The summed E-state index contributed by atoms with van der Waals surface area (Å²) in [4.78, 5) is 32.4. The fourth-order valence-corrected chi connectivity index (χ4v) is 3.37. The van der Waals surface area contributed by atoms with Crippen LogP contribution in [-0.4, -0.2) is 47.1 Å². The van der Waals surface area contributed by atoms with Crippen LogP contribution >= 0.6 is 0 Å². The number of aromatic nitrogens is 2. The van der Waals surface area contributed by atoms with Gasteiger partial charge in [0.1, 0.15) is 5.56 Å². The van der Waals surface area contributed by atoms with Gasteiger partial charge in [-0.05, 0) is 37.8 Å². The molecule has 0 amide bonds. The van der Waals surface area contributed by atoms with Crippen molar-refractivity contribution >= 4 is 6.21 Å². The summed E-state index contributed by atoms with van der Waals surface area (Å²) in [5.41, 5.74) is 0.0387. The van der Waals surface area contributed by atoms with E-state index < -0.39 is 11.2 Å². The largest absolute Gasteiger partial charge is 0.493 e. The Balaban J connectivity index is 1.84. The van der Waals surface area contributed by atoms with E-state index >= 15 is 0 Å². The predicted octanol–water partition coefficient (Wildman–Crippen LogP) is 0.0275. The van der Waals surface area contributed by atoms with Gasteiger partial charge in [0.2, 0.25) is 5.88 Å². The number of nitrogens with one attached hydrogen (secondary N) is 2. The van der Waals surface area contributed by atoms with Crippen LogP contribution in [0.15, 0.2) is 38.8 Å². The Hall–Kier alpha value is -2.67. The van der Waals surface area contributed by atoms with Crippen LogP contribution in [0.5, 0.6) is 5.88 Å². The molecule has 1 aliphatic heterocycles. The summed E-state index contributed by atoms with van der Waals surface area (Å²) >= 11 is 0. The zero-order valence-electron chi connectivity index (χ0n) is 15.0. The Morgan fingerprint density at radius 1 is 1.23 bits per heavy atom. The quantitative estimate of drug-likeness (QED) is 0.659. The van der Waals surface area contributed by atoms with Crippen LogP contribution < -0.4 is 16.1 Å². The Labute approximate surface area is 151 Å². The summed E-state index contributed by atoms with van der Waals surface area (Å²) in [5.74, 6) is -0.387. The minimum atomic E-state index is -0.670. The molecule has 2 aromatic rings. The second-order valence-electron chi connectivity index (χ2n) is 6.71. The molecule has 7 heteroatoms. The normalized spacial score (nSPS) is 15.6. The highest BCUT2D eigenvalue weighted by atomic mass is 16.3. The lowest BCUT2D eigenvalue weighted by Crippen LogP contribution is -3.13. The number of piperidine rings is 1. The smallest absolute Gasteiger partial charge is 0.335 e. The fraction of sp³-hybridized carbons (Fsp3) is 0.421. The van der Waals surface area contributed by atoms with E-state index in [1.807, 2.05) is 19.1 Å². The van der Waals surface area contributed by atoms with Gasteiger partial charge in [-0.1, -0.05) is 18.2 Å². The minimum absolute atomic E-state index is 0.00139. The summed E-state index contributed by atoms with van der Waals surface area (Å²) in [6.45, 7) is 5.66. The molecule has 0 unspecified atom stereocenters. The molecule has 2 heterocycles. The average molecular weight is 357 g/mol. The zero-order chi connectivity index (χ0) is 18.5. The summed E-state index contributed by atoms with van der Waals surface area (Å²) in [6.07, 6.45) is 5.17. The Bertz CT molecular complexity index is 908. The molecule has 26 heavy (non-hydrogen) atoms. The van der Waals surface area contributed by atoms with Crippen LogP contribution in [0.25, 0.3) is 5.69 Å². The van der Waals surface area contributed by atoms with Crippen LogP contribution in [0.2, 0.25) is 0 Å². The number of aliphatic imine (C=N–C) groups is 1. The maximum Gasteiger partial charge on any atom is 0.335 e. The molecule has 1 fully saturated rings. The lowest BCUT2D eigenvalue weighted by Gasteiger charge is -2.22. The number of aromatic amines is 1. The number of aromatic hydroxyl groups is 1. The van der Waals surface area contributed by atoms with E-state index in [9.17, 15) is 14.7 Å². The first kappa shape index (κ1) is 18.1. The minimum Gasteiger partial charge on any atom is -0.493 e. The van der Waals surface area contributed by atoms with E-state index in [1.54, 1.807) is 12.1 Å². The number of hydrogen-bond donors (Lipinski definition) is 3. The Morgan fingerprint density at radius 3 is 2.69 bits per heavy atom. The molecule has 0 spiro atoms. The molecule has 0 atom stereocenters. The van der Waals surface area contributed by atoms with Crippen LogP contribution in [0.1, 0.15) is 30.4 Å². The fourth-order valence-electron chi connectivity index (χ4n) is 3.37. The van der Waals surface area contributed by atoms with Crippen molar-refractivity contribution in [1.82, 2.24) is 9.55 Å². The van der Waals surface area contributed by atoms with Gasteiger partial charge in [-0.2, -0.15) is 0 Å². The maximum atomic E-state index is 12.2. The third kappa shape index (κ3) is 3.94. The van der Waals surface area contributed by atoms with Crippen molar-refractivity contribution in [2.45, 2.75) is 26.2 Å². The van der Waals surface area contributed by atoms with Crippen molar-refractivity contribution in [3.05, 3.63) is 56.2 Å². The van der Waals surface area contributed by atoms with Gasteiger partial charge in [-0.25, -0.2) is 9.36 Å². The van der Waals surface area contributed by atoms with E-state index in [0.29, 0.717) is 12.2 Å². The number of H-pyrrole nitrogens is 1. The standard InChI is InChI=1S/C19H24N4O3/c1-14-7-3-4-8-16(14)23-18(25)15(17(24)21-19(23)26)13-20-9-12-22-10-5-2-6-11-22/h3-4,7-8,13,25H,2,5-6,9-12H2,1H3,(H,21,24,26)/p+1. The predicted molar refractivity (Wildman–Crippen MR) is 101 cm³/mol. The molecule has 0 bridgehead atoms. The number of rotatable bonds is 5. The molecule has 1 aliphatic rings. The number of hydrogen-bond acceptors (Lipinski definition) is 4. The van der Waals surface area contributed by atoms with Crippen molar-refractivity contribution in [2.75, 3.05) is 26.2 Å². The average Bonchev–Trinajstić information content (AvgIpc) is 2.63. The first-order valence-electron chi connectivity index (χ1n) is 9.05. The van der Waals surface area contributed by atoms with Gasteiger partial charge in [0.25, 0.3) is 5.56 Å². The van der Waals surface area contributed by atoms with Crippen molar-refractivity contribution in [3.63, 3.8) is 0 Å². The van der Waals surface area contributed by atoms with Crippen LogP contribution in [0.3, 0.4) is 0 Å². The zero-order valence-corrected chi connectivity index (χ0v) is 15.0. The van der Waals surface area contributed by atoms with Gasteiger partial charge >= 0.3 is 5.69 Å². The lowest BCUT2D eigenvalue weighted by atomic mass is 10.1. The number of para-hydroxylation sites is 1. The van der Waals surface area contributed by atoms with Gasteiger partial charge in [-0.15, -0.1) is 0 Å². The maximum absolute atomic E-state index is 12.2. The molecule has 3 N–H and O–H groups in total. The molecule has 1 aromatic heterocycles. The molecule has 138 valence electrons. The van der Waals surface area contributed by atoms with Gasteiger partial charge in [0, 0.05) is 6.21 Å². The van der Waals surface area contributed by atoms with E-state index in [-0.39, 0.29) is 11.4 Å². The van der Waals surface area contributed by atoms with Crippen LogP contribution in [-0.2, 0) is 0 Å². The number of nitrogens with zero attached hydrogens (tertiary/aromatic N) is 2. The highest BCUT2D eigenvalue weighted by molar-refractivity contribution is 5.82. The topological polar surface area (TPSA) is 91.9 Å². The van der Waals surface area contributed by atoms with E-state index in [2.05, 4.69) is 9.98 Å². The molecule has 0 saturated carbocycles. The van der Waals surface area contributed by atoms with E-state index in [1.165, 1.54) is 43.5 Å². The highest BCUT2D eigenvalue weighted by Crippen LogP contribution is 2.18. The van der Waals surface area contributed by atoms with Crippen molar-refractivity contribution < 1.29 is 10.0 Å². The second kappa shape index (κ2) is 8.14. The first-order chi connectivity index (χ1) is 12.6. The van der Waals surface area contributed by atoms with E-state index in [4.69, 9.17) is 0 Å². The van der Waals surface area contributed by atoms with E-state index in [0.717, 1.165) is 16.7 Å². The highest BCUT2D eigenvalue weighted by Gasteiger charge is 2.16. The third-order valence-corrected chi connectivity index (χ3v) is 4.85. The number of likely N-dealkylation sites (tertiary alicyclic amines) is 1. The molecule has 3 rings (SSSR count). The molecule has 1 saturated heterocycles. The lowest BCUT2D eigenvalue weighted by molar-refractivity contribution is -0.903. The molecule has 1 aromatic carbocycles. The van der Waals surface area contributed by atoms with Gasteiger partial charge in [-0.3, -0.25) is 14.8 Å². The van der Waals surface area contributed by atoms with Crippen LogP contribution in [0.4, 0.5) is 0 Å². The SMILES string of the molecule is Cc1ccccc1-n1c(O)c(C=NCC[NH+]2CCCCC2)c(=O)[nH]c1=O.